The molecule has 2 heterocycles. The van der Waals surface area contributed by atoms with Gasteiger partial charge >= 0.3 is 5.97 Å². The minimum absolute atomic E-state index is 0.00295. The van der Waals surface area contributed by atoms with Crippen LogP contribution >= 0.6 is 11.3 Å². The average Bonchev–Trinajstić information content (AvgIpc) is 3.12. The lowest BCUT2D eigenvalue weighted by Gasteiger charge is -2.31. The highest BCUT2D eigenvalue weighted by Gasteiger charge is 2.29. The zero-order valence-electron chi connectivity index (χ0n) is 13.2. The summed E-state index contributed by atoms with van der Waals surface area (Å²) in [6, 6.07) is 3.66. The molecule has 1 N–H and O–H groups in total. The molecular weight excluding hydrogens is 316 g/mol. The summed E-state index contributed by atoms with van der Waals surface area (Å²) in [5, 5.41) is 4.72. The van der Waals surface area contributed by atoms with Gasteiger partial charge in [-0.05, 0) is 30.7 Å². The van der Waals surface area contributed by atoms with E-state index in [0.29, 0.717) is 37.4 Å². The Morgan fingerprint density at radius 3 is 2.96 bits per heavy atom. The summed E-state index contributed by atoms with van der Waals surface area (Å²) in [4.78, 5) is 38.0. The fourth-order valence-corrected chi connectivity index (χ4v) is 3.31. The third-order valence-electron chi connectivity index (χ3n) is 3.90. The number of esters is 1. The molecule has 0 aromatic carbocycles. The van der Waals surface area contributed by atoms with Crippen LogP contribution in [0.1, 0.15) is 35.4 Å². The van der Waals surface area contributed by atoms with Gasteiger partial charge < -0.3 is 15.0 Å². The Kier molecular flexibility index (Phi) is 6.58. The molecule has 0 aliphatic carbocycles. The first-order valence-electron chi connectivity index (χ1n) is 7.79. The van der Waals surface area contributed by atoms with Crippen molar-refractivity contribution in [3.05, 3.63) is 22.4 Å². The Labute approximate surface area is 139 Å². The number of piperidine rings is 1. The molecule has 6 nitrogen and oxygen atoms in total. The topological polar surface area (TPSA) is 75.7 Å². The molecule has 23 heavy (non-hydrogen) atoms. The van der Waals surface area contributed by atoms with Crippen molar-refractivity contribution >= 4 is 29.1 Å². The monoisotopic (exact) mass is 338 g/mol. The van der Waals surface area contributed by atoms with Gasteiger partial charge in [0.05, 0.1) is 17.9 Å². The molecule has 1 atom stereocenters. The van der Waals surface area contributed by atoms with Crippen LogP contribution in [0.25, 0.3) is 0 Å². The van der Waals surface area contributed by atoms with Gasteiger partial charge in [0.1, 0.15) is 0 Å². The molecule has 1 aliphatic heterocycles. The second-order valence-corrected chi connectivity index (χ2v) is 6.49. The smallest absolute Gasteiger partial charge is 0.305 e. The van der Waals surface area contributed by atoms with Gasteiger partial charge in [-0.2, -0.15) is 0 Å². The van der Waals surface area contributed by atoms with Crippen molar-refractivity contribution in [1.29, 1.82) is 0 Å². The first kappa shape index (κ1) is 17.5. The molecule has 1 saturated heterocycles. The van der Waals surface area contributed by atoms with Crippen molar-refractivity contribution in [2.24, 2.45) is 5.92 Å². The Balaban J connectivity index is 1.77. The van der Waals surface area contributed by atoms with E-state index in [9.17, 15) is 14.4 Å². The van der Waals surface area contributed by atoms with Crippen LogP contribution < -0.4 is 5.32 Å². The van der Waals surface area contributed by atoms with Crippen molar-refractivity contribution in [2.45, 2.75) is 25.7 Å². The number of carbonyl (C=O) groups excluding carboxylic acids is 3. The number of rotatable bonds is 6. The molecule has 1 aromatic rings. The van der Waals surface area contributed by atoms with E-state index in [-0.39, 0.29) is 23.7 Å². The standard InChI is InChI=1S/C16H22N2O4S/c1-22-14(19)7-2-8-17-15(20)12-5-3-9-18(11-12)16(21)13-6-4-10-23-13/h4,6,10,12H,2-3,5,7-9,11H2,1H3,(H,17,20)/t12-/m0/s1. The van der Waals surface area contributed by atoms with Crippen molar-refractivity contribution in [3.63, 3.8) is 0 Å². The number of methoxy groups -OCH3 is 1. The van der Waals surface area contributed by atoms with Gasteiger partial charge in [0, 0.05) is 26.1 Å². The highest BCUT2D eigenvalue weighted by Crippen LogP contribution is 2.20. The molecular formula is C16H22N2O4S. The van der Waals surface area contributed by atoms with Crippen molar-refractivity contribution in [1.82, 2.24) is 10.2 Å². The van der Waals surface area contributed by atoms with Crippen LogP contribution in [0.3, 0.4) is 0 Å². The maximum absolute atomic E-state index is 12.4. The Morgan fingerprint density at radius 2 is 2.26 bits per heavy atom. The van der Waals surface area contributed by atoms with E-state index >= 15 is 0 Å². The summed E-state index contributed by atoms with van der Waals surface area (Å²) < 4.78 is 4.55. The summed E-state index contributed by atoms with van der Waals surface area (Å²) in [6.07, 6.45) is 2.47. The number of thiophene rings is 1. The van der Waals surface area contributed by atoms with Crippen LogP contribution in [-0.2, 0) is 14.3 Å². The van der Waals surface area contributed by atoms with Crippen LogP contribution in [0.5, 0.6) is 0 Å². The van der Waals surface area contributed by atoms with Gasteiger partial charge in [-0.1, -0.05) is 6.07 Å². The fourth-order valence-electron chi connectivity index (χ4n) is 2.62. The molecule has 2 amide bonds. The molecule has 1 fully saturated rings. The lowest BCUT2D eigenvalue weighted by atomic mass is 9.97. The average molecular weight is 338 g/mol. The molecule has 0 radical (unpaired) electrons. The summed E-state index contributed by atoms with van der Waals surface area (Å²) in [7, 11) is 1.35. The van der Waals surface area contributed by atoms with E-state index in [1.807, 2.05) is 17.5 Å². The second-order valence-electron chi connectivity index (χ2n) is 5.54. The molecule has 0 unspecified atom stereocenters. The maximum atomic E-state index is 12.4. The summed E-state index contributed by atoms with van der Waals surface area (Å²) in [6.45, 7) is 1.60. The van der Waals surface area contributed by atoms with Gasteiger partial charge in [-0.15, -0.1) is 11.3 Å². The number of nitrogens with zero attached hydrogens (tertiary/aromatic N) is 1. The molecule has 0 spiro atoms. The third kappa shape index (κ3) is 5.06. The van der Waals surface area contributed by atoms with Crippen LogP contribution in [0.2, 0.25) is 0 Å². The van der Waals surface area contributed by atoms with E-state index in [4.69, 9.17) is 0 Å². The first-order valence-corrected chi connectivity index (χ1v) is 8.67. The number of nitrogens with one attached hydrogen (secondary N) is 1. The predicted molar refractivity (Wildman–Crippen MR) is 87.2 cm³/mol. The fraction of sp³-hybridized carbons (Fsp3) is 0.562. The van der Waals surface area contributed by atoms with E-state index in [0.717, 1.165) is 12.8 Å². The molecule has 126 valence electrons. The Hall–Kier alpha value is -1.89. The Morgan fingerprint density at radius 1 is 1.43 bits per heavy atom. The van der Waals surface area contributed by atoms with Crippen molar-refractivity contribution < 1.29 is 19.1 Å². The van der Waals surface area contributed by atoms with E-state index in [2.05, 4.69) is 10.1 Å². The lowest BCUT2D eigenvalue weighted by molar-refractivity contribution is -0.140. The van der Waals surface area contributed by atoms with E-state index in [1.54, 1.807) is 4.90 Å². The molecule has 0 bridgehead atoms. The van der Waals surface area contributed by atoms with Gasteiger partial charge in [-0.25, -0.2) is 0 Å². The Bertz CT molecular complexity index is 544. The van der Waals surface area contributed by atoms with E-state index in [1.165, 1.54) is 18.4 Å². The van der Waals surface area contributed by atoms with Crippen molar-refractivity contribution in [3.8, 4) is 0 Å². The lowest BCUT2D eigenvalue weighted by Crippen LogP contribution is -2.45. The summed E-state index contributed by atoms with van der Waals surface area (Å²) in [5.74, 6) is -0.489. The van der Waals surface area contributed by atoms with Crippen molar-refractivity contribution in [2.75, 3.05) is 26.7 Å². The largest absolute Gasteiger partial charge is 0.469 e. The number of amides is 2. The molecule has 1 aliphatic rings. The minimum Gasteiger partial charge on any atom is -0.469 e. The summed E-state index contributed by atoms with van der Waals surface area (Å²) >= 11 is 1.42. The quantitative estimate of drug-likeness (QED) is 0.632. The normalized spacial score (nSPS) is 17.6. The van der Waals surface area contributed by atoms with Gasteiger partial charge in [0.15, 0.2) is 0 Å². The predicted octanol–water partition coefficient (Wildman–Crippen LogP) is 1.67. The molecule has 7 heteroatoms. The zero-order chi connectivity index (χ0) is 16.7. The van der Waals surface area contributed by atoms with E-state index < -0.39 is 0 Å². The SMILES string of the molecule is COC(=O)CCCNC(=O)[C@H]1CCCN(C(=O)c2cccs2)C1. The molecule has 2 rings (SSSR count). The van der Waals surface area contributed by atoms with Crippen LogP contribution in [0, 0.1) is 5.92 Å². The number of likely N-dealkylation sites (tertiary alicyclic amines) is 1. The number of hydrogen-bond acceptors (Lipinski definition) is 5. The highest BCUT2D eigenvalue weighted by atomic mass is 32.1. The van der Waals surface area contributed by atoms with Crippen LogP contribution in [-0.4, -0.2) is 49.4 Å². The van der Waals surface area contributed by atoms with Gasteiger partial charge in [0.2, 0.25) is 5.91 Å². The van der Waals surface area contributed by atoms with Gasteiger partial charge in [0.25, 0.3) is 5.91 Å². The molecule has 1 aromatic heterocycles. The zero-order valence-corrected chi connectivity index (χ0v) is 14.1. The first-order chi connectivity index (χ1) is 11.1. The second kappa shape index (κ2) is 8.67. The number of carbonyl (C=O) groups is 3. The number of hydrogen-bond donors (Lipinski definition) is 1. The number of ether oxygens (including phenoxy) is 1. The van der Waals surface area contributed by atoms with Crippen LogP contribution in [0.4, 0.5) is 0 Å². The molecule has 0 saturated carbocycles. The minimum atomic E-state index is -0.273. The third-order valence-corrected chi connectivity index (χ3v) is 4.75. The summed E-state index contributed by atoms with van der Waals surface area (Å²) in [5.41, 5.74) is 0. The van der Waals surface area contributed by atoms with Crippen LogP contribution in [0.15, 0.2) is 17.5 Å². The van der Waals surface area contributed by atoms with Gasteiger partial charge in [-0.3, -0.25) is 14.4 Å². The highest BCUT2D eigenvalue weighted by molar-refractivity contribution is 7.12. The maximum Gasteiger partial charge on any atom is 0.305 e.